The Morgan fingerprint density at radius 1 is 1.08 bits per heavy atom. The first kappa shape index (κ1) is 12.4. The van der Waals surface area contributed by atoms with E-state index in [2.05, 4.69) is 6.92 Å². The smallest absolute Gasteiger partial charge is 0.455 e. The molecule has 0 aliphatic rings. The SMILES string of the molecule is CC[O][Al]([O]CC)[O]C(C)CC. The van der Waals surface area contributed by atoms with E-state index in [4.69, 9.17) is 11.4 Å². The Morgan fingerprint density at radius 3 is 1.92 bits per heavy atom. The molecule has 72 valence electrons. The van der Waals surface area contributed by atoms with Crippen LogP contribution < -0.4 is 0 Å². The molecule has 0 aromatic rings. The van der Waals surface area contributed by atoms with Crippen LogP contribution in [0.25, 0.3) is 0 Å². The van der Waals surface area contributed by atoms with Crippen LogP contribution in [0.3, 0.4) is 0 Å². The Balaban J connectivity index is 3.61. The first-order chi connectivity index (χ1) is 5.74. The number of rotatable bonds is 7. The zero-order chi connectivity index (χ0) is 9.40. The molecular weight excluding hydrogens is 171 g/mol. The van der Waals surface area contributed by atoms with Crippen molar-refractivity contribution in [3.05, 3.63) is 0 Å². The van der Waals surface area contributed by atoms with Crippen molar-refractivity contribution in [1.29, 1.82) is 0 Å². The maximum absolute atomic E-state index is 5.57. The van der Waals surface area contributed by atoms with Crippen molar-refractivity contribution >= 4 is 15.1 Å². The van der Waals surface area contributed by atoms with Gasteiger partial charge in [-0.25, -0.2) is 0 Å². The lowest BCUT2D eigenvalue weighted by Gasteiger charge is -2.15. The largest absolute Gasteiger partial charge is 0.905 e. The molecule has 0 N–H and O–H groups in total. The molecule has 12 heavy (non-hydrogen) atoms. The fourth-order valence-corrected chi connectivity index (χ4v) is 2.05. The first-order valence-electron chi connectivity index (χ1n) is 4.63. The van der Waals surface area contributed by atoms with Crippen LogP contribution in [0.4, 0.5) is 0 Å². The van der Waals surface area contributed by atoms with E-state index in [1.807, 2.05) is 20.8 Å². The molecule has 0 bridgehead atoms. The maximum Gasteiger partial charge on any atom is 0.905 e. The zero-order valence-electron chi connectivity index (χ0n) is 8.50. The van der Waals surface area contributed by atoms with Crippen molar-refractivity contribution in [2.45, 2.75) is 40.2 Å². The summed E-state index contributed by atoms with van der Waals surface area (Å²) in [7, 11) is 0. The van der Waals surface area contributed by atoms with Crippen LogP contribution in [0, 0.1) is 0 Å². The summed E-state index contributed by atoms with van der Waals surface area (Å²) >= 11 is -1.81. The normalized spacial score (nSPS) is 13.0. The van der Waals surface area contributed by atoms with Crippen LogP contribution in [0.5, 0.6) is 0 Å². The monoisotopic (exact) mass is 190 g/mol. The van der Waals surface area contributed by atoms with Gasteiger partial charge < -0.3 is 11.4 Å². The van der Waals surface area contributed by atoms with Crippen molar-refractivity contribution in [1.82, 2.24) is 0 Å². The second kappa shape index (κ2) is 8.03. The van der Waals surface area contributed by atoms with Gasteiger partial charge in [0.1, 0.15) is 0 Å². The van der Waals surface area contributed by atoms with Crippen LogP contribution in [0.1, 0.15) is 34.1 Å². The predicted octanol–water partition coefficient (Wildman–Crippen LogP) is 1.86. The van der Waals surface area contributed by atoms with Gasteiger partial charge in [-0.15, -0.1) is 0 Å². The van der Waals surface area contributed by atoms with Crippen molar-refractivity contribution in [2.75, 3.05) is 13.2 Å². The molecule has 0 aromatic carbocycles. The van der Waals surface area contributed by atoms with Crippen LogP contribution >= 0.6 is 0 Å². The van der Waals surface area contributed by atoms with E-state index < -0.39 is 15.1 Å². The van der Waals surface area contributed by atoms with Gasteiger partial charge in [0.15, 0.2) is 0 Å². The van der Waals surface area contributed by atoms with Gasteiger partial charge in [0.25, 0.3) is 0 Å². The van der Waals surface area contributed by atoms with Gasteiger partial charge in [0, 0.05) is 19.3 Å². The van der Waals surface area contributed by atoms with Crippen molar-refractivity contribution in [3.63, 3.8) is 0 Å². The van der Waals surface area contributed by atoms with Gasteiger partial charge in [-0.3, -0.25) is 0 Å². The third-order valence-electron chi connectivity index (χ3n) is 1.52. The minimum absolute atomic E-state index is 0.250. The van der Waals surface area contributed by atoms with Gasteiger partial charge in [0.05, 0.1) is 0 Å². The molecule has 0 heterocycles. The molecule has 0 aliphatic carbocycles. The minimum atomic E-state index is -1.81. The summed E-state index contributed by atoms with van der Waals surface area (Å²) in [5, 5.41) is 0. The molecule has 4 heteroatoms. The predicted molar refractivity (Wildman–Crippen MR) is 49.8 cm³/mol. The molecule has 0 aromatic heterocycles. The Labute approximate surface area is 80.4 Å². The summed E-state index contributed by atoms with van der Waals surface area (Å²) in [6.07, 6.45) is 1.25. The molecule has 1 atom stereocenters. The average Bonchev–Trinajstić information content (AvgIpc) is 2.05. The highest BCUT2D eigenvalue weighted by Gasteiger charge is 2.31. The Kier molecular flexibility index (Phi) is 8.31. The summed E-state index contributed by atoms with van der Waals surface area (Å²) in [6.45, 7) is 9.39. The van der Waals surface area contributed by atoms with Crippen molar-refractivity contribution in [2.24, 2.45) is 0 Å². The van der Waals surface area contributed by atoms with E-state index >= 15 is 0 Å². The molecule has 3 nitrogen and oxygen atoms in total. The minimum Gasteiger partial charge on any atom is -0.455 e. The highest BCUT2D eigenvalue weighted by Crippen LogP contribution is 2.01. The quantitative estimate of drug-likeness (QED) is 0.573. The lowest BCUT2D eigenvalue weighted by atomic mass is 10.3. The van der Waals surface area contributed by atoms with Gasteiger partial charge in [0.2, 0.25) is 0 Å². The van der Waals surface area contributed by atoms with Crippen LogP contribution in [-0.2, 0) is 11.4 Å². The fraction of sp³-hybridized carbons (Fsp3) is 1.00. The Bertz CT molecular complexity index is 94.3. The molecule has 0 spiro atoms. The van der Waals surface area contributed by atoms with Gasteiger partial charge in [-0.05, 0) is 27.2 Å². The standard InChI is InChI=1S/C4H9O.2C2H5O.Al/c1-3-4(2)5;2*1-2-3;/h4H,3H2,1-2H3;2*2H2,1H3;/q3*-1;+3. The molecular formula is C8H19AlO3. The van der Waals surface area contributed by atoms with Gasteiger partial charge in [-0.1, -0.05) is 6.92 Å². The van der Waals surface area contributed by atoms with Crippen molar-refractivity contribution < 1.29 is 11.4 Å². The Hall–Kier alpha value is 0.412. The number of hydrogen-bond donors (Lipinski definition) is 0. The highest BCUT2D eigenvalue weighted by atomic mass is 27.3. The van der Waals surface area contributed by atoms with E-state index in [0.717, 1.165) is 6.42 Å². The zero-order valence-corrected chi connectivity index (χ0v) is 9.66. The molecule has 1 unspecified atom stereocenters. The van der Waals surface area contributed by atoms with E-state index in [1.54, 1.807) is 0 Å². The molecule has 0 radical (unpaired) electrons. The molecule has 0 saturated carbocycles. The third-order valence-corrected chi connectivity index (χ3v) is 3.42. The van der Waals surface area contributed by atoms with Crippen LogP contribution in [0.2, 0.25) is 0 Å². The van der Waals surface area contributed by atoms with Crippen LogP contribution in [0.15, 0.2) is 0 Å². The number of hydrogen-bond acceptors (Lipinski definition) is 3. The summed E-state index contributed by atoms with van der Waals surface area (Å²) in [5.74, 6) is 0. The fourth-order valence-electron chi connectivity index (χ4n) is 0.685. The van der Waals surface area contributed by atoms with Crippen molar-refractivity contribution in [3.8, 4) is 0 Å². The second-order valence-electron chi connectivity index (χ2n) is 2.55. The highest BCUT2D eigenvalue weighted by molar-refractivity contribution is 6.36. The maximum atomic E-state index is 5.57. The van der Waals surface area contributed by atoms with Gasteiger partial charge in [-0.2, -0.15) is 0 Å². The lowest BCUT2D eigenvalue weighted by Crippen LogP contribution is -2.30. The van der Waals surface area contributed by atoms with E-state index in [-0.39, 0.29) is 6.10 Å². The first-order valence-corrected chi connectivity index (χ1v) is 6.04. The van der Waals surface area contributed by atoms with Gasteiger partial charge >= 0.3 is 15.1 Å². The lowest BCUT2D eigenvalue weighted by molar-refractivity contribution is 0.0689. The molecule has 0 rings (SSSR count). The molecule has 0 aliphatic heterocycles. The van der Waals surface area contributed by atoms with E-state index in [1.165, 1.54) is 0 Å². The van der Waals surface area contributed by atoms with E-state index in [0.29, 0.717) is 13.2 Å². The summed E-state index contributed by atoms with van der Waals surface area (Å²) in [4.78, 5) is 0. The second-order valence-corrected chi connectivity index (χ2v) is 4.07. The summed E-state index contributed by atoms with van der Waals surface area (Å²) in [6, 6.07) is 0. The molecule has 0 fully saturated rings. The third kappa shape index (κ3) is 5.99. The summed E-state index contributed by atoms with van der Waals surface area (Å²) in [5.41, 5.74) is 0. The Morgan fingerprint density at radius 2 is 1.58 bits per heavy atom. The molecule has 0 saturated heterocycles. The molecule has 0 amide bonds. The summed E-state index contributed by atoms with van der Waals surface area (Å²) < 4.78 is 16.3. The van der Waals surface area contributed by atoms with Crippen LogP contribution in [-0.4, -0.2) is 34.5 Å². The topological polar surface area (TPSA) is 27.7 Å². The van der Waals surface area contributed by atoms with E-state index in [9.17, 15) is 0 Å². The average molecular weight is 190 g/mol.